The summed E-state index contributed by atoms with van der Waals surface area (Å²) in [4.78, 5) is 4.74. The number of benzene rings is 1. The highest BCUT2D eigenvalue weighted by Crippen LogP contribution is 2.50. The van der Waals surface area contributed by atoms with Gasteiger partial charge in [-0.15, -0.1) is 0 Å². The van der Waals surface area contributed by atoms with Crippen molar-refractivity contribution in [1.82, 2.24) is 4.98 Å². The maximum absolute atomic E-state index is 12.3. The van der Waals surface area contributed by atoms with Gasteiger partial charge in [0.15, 0.2) is 0 Å². The fourth-order valence-electron chi connectivity index (χ4n) is 2.67. The van der Waals surface area contributed by atoms with Gasteiger partial charge in [0.2, 0.25) is 0 Å². The van der Waals surface area contributed by atoms with E-state index in [0.29, 0.717) is 6.16 Å². The lowest BCUT2D eigenvalue weighted by Gasteiger charge is -2.24. The van der Waals surface area contributed by atoms with E-state index < -0.39 is 7.14 Å². The summed E-state index contributed by atoms with van der Waals surface area (Å²) in [6.07, 6.45) is 2.37. The van der Waals surface area contributed by atoms with Gasteiger partial charge in [0.1, 0.15) is 0 Å². The molecule has 0 N–H and O–H groups in total. The molecule has 18 heavy (non-hydrogen) atoms. The predicted octanol–water partition coefficient (Wildman–Crippen LogP) is 4.35. The molecule has 3 rings (SSSR count). The molecule has 0 saturated carbocycles. The smallest absolute Gasteiger partial charge is 0.0894 e. The number of aryl methyl sites for hydroxylation is 2. The molecular formula is C14H15BrNOP. The first-order valence-electron chi connectivity index (χ1n) is 6.09. The summed E-state index contributed by atoms with van der Waals surface area (Å²) >= 11 is 3.50. The van der Waals surface area contributed by atoms with Gasteiger partial charge in [0.25, 0.3) is 0 Å². The Morgan fingerprint density at radius 1 is 1.39 bits per heavy atom. The van der Waals surface area contributed by atoms with Crippen LogP contribution in [0.15, 0.2) is 22.7 Å². The SMILES string of the molecule is Cc1c2c(nc3ccc(Br)cc13)CCP(C)(=O)C2. The van der Waals surface area contributed by atoms with Gasteiger partial charge in [0, 0.05) is 27.9 Å². The lowest BCUT2D eigenvalue weighted by Crippen LogP contribution is -2.11. The van der Waals surface area contributed by atoms with E-state index in [1.54, 1.807) is 0 Å². The molecular weight excluding hydrogens is 309 g/mol. The number of nitrogens with zero attached hydrogens (tertiary/aromatic N) is 1. The molecule has 0 saturated heterocycles. The highest BCUT2D eigenvalue weighted by atomic mass is 79.9. The molecule has 2 aromatic rings. The number of fused-ring (bicyclic) bond motifs is 2. The zero-order chi connectivity index (χ0) is 12.9. The van der Waals surface area contributed by atoms with Crippen LogP contribution in [0.25, 0.3) is 10.9 Å². The Labute approximate surface area is 115 Å². The van der Waals surface area contributed by atoms with Crippen LogP contribution in [0.5, 0.6) is 0 Å². The summed E-state index contributed by atoms with van der Waals surface area (Å²) in [5.41, 5.74) is 4.66. The molecule has 0 spiro atoms. The van der Waals surface area contributed by atoms with Crippen LogP contribution in [0.1, 0.15) is 16.8 Å². The van der Waals surface area contributed by atoms with Crippen molar-refractivity contribution in [2.24, 2.45) is 0 Å². The molecule has 94 valence electrons. The van der Waals surface area contributed by atoms with Crippen LogP contribution in [0.3, 0.4) is 0 Å². The van der Waals surface area contributed by atoms with E-state index in [1.165, 1.54) is 16.5 Å². The maximum Gasteiger partial charge on any atom is 0.0894 e. The van der Waals surface area contributed by atoms with Gasteiger partial charge in [0.05, 0.1) is 12.7 Å². The number of rotatable bonds is 0. The molecule has 1 atom stereocenters. The fourth-order valence-corrected chi connectivity index (χ4v) is 4.96. The minimum atomic E-state index is -1.99. The van der Waals surface area contributed by atoms with Gasteiger partial charge in [-0.2, -0.15) is 0 Å². The number of hydrogen-bond acceptors (Lipinski definition) is 2. The third-order valence-corrected chi connectivity index (χ3v) is 6.38. The monoisotopic (exact) mass is 323 g/mol. The van der Waals surface area contributed by atoms with Crippen LogP contribution in [-0.4, -0.2) is 17.8 Å². The Balaban J connectivity index is 2.30. The van der Waals surface area contributed by atoms with Gasteiger partial charge in [-0.25, -0.2) is 0 Å². The zero-order valence-electron chi connectivity index (χ0n) is 10.5. The minimum absolute atomic E-state index is 0.712. The average Bonchev–Trinajstić information content (AvgIpc) is 2.31. The topological polar surface area (TPSA) is 30.0 Å². The molecule has 0 radical (unpaired) electrons. The van der Waals surface area contributed by atoms with Crippen LogP contribution >= 0.6 is 23.1 Å². The van der Waals surface area contributed by atoms with E-state index in [4.69, 9.17) is 4.98 Å². The predicted molar refractivity (Wildman–Crippen MR) is 80.0 cm³/mol. The molecule has 0 amide bonds. The van der Waals surface area contributed by atoms with Crippen LogP contribution in [0.2, 0.25) is 0 Å². The molecule has 2 nitrogen and oxygen atoms in total. The number of halogens is 1. The van der Waals surface area contributed by atoms with E-state index in [1.807, 2.05) is 18.8 Å². The largest absolute Gasteiger partial charge is 0.323 e. The Morgan fingerprint density at radius 2 is 2.17 bits per heavy atom. The first-order valence-corrected chi connectivity index (χ1v) is 9.41. The van der Waals surface area contributed by atoms with Crippen molar-refractivity contribution in [3.05, 3.63) is 39.5 Å². The number of aromatic nitrogens is 1. The normalized spacial score (nSPS) is 23.1. The molecule has 2 heterocycles. The van der Waals surface area contributed by atoms with Crippen molar-refractivity contribution >= 4 is 34.0 Å². The second-order valence-electron chi connectivity index (χ2n) is 5.25. The highest BCUT2D eigenvalue weighted by molar-refractivity contribution is 9.10. The summed E-state index contributed by atoms with van der Waals surface area (Å²) in [6, 6.07) is 6.18. The summed E-state index contributed by atoms with van der Waals surface area (Å²) in [6.45, 7) is 4.04. The van der Waals surface area contributed by atoms with Crippen molar-refractivity contribution in [3.8, 4) is 0 Å². The molecule has 1 aromatic carbocycles. The molecule has 1 unspecified atom stereocenters. The van der Waals surface area contributed by atoms with Gasteiger partial charge in [-0.1, -0.05) is 15.9 Å². The second kappa shape index (κ2) is 4.18. The van der Waals surface area contributed by atoms with E-state index >= 15 is 0 Å². The molecule has 1 aromatic heterocycles. The van der Waals surface area contributed by atoms with Crippen LogP contribution in [0.4, 0.5) is 0 Å². The zero-order valence-corrected chi connectivity index (χ0v) is 13.0. The van der Waals surface area contributed by atoms with Gasteiger partial charge in [-0.05, 0) is 49.3 Å². The molecule has 4 heteroatoms. The number of hydrogen-bond donors (Lipinski definition) is 0. The lowest BCUT2D eigenvalue weighted by molar-refractivity contribution is 0.574. The summed E-state index contributed by atoms with van der Waals surface area (Å²) in [7, 11) is -1.99. The third kappa shape index (κ3) is 2.04. The second-order valence-corrected chi connectivity index (χ2v) is 9.52. The van der Waals surface area contributed by atoms with Crippen molar-refractivity contribution in [2.75, 3.05) is 12.8 Å². The fraction of sp³-hybridized carbons (Fsp3) is 0.357. The highest BCUT2D eigenvalue weighted by Gasteiger charge is 2.26. The van der Waals surface area contributed by atoms with Crippen molar-refractivity contribution < 1.29 is 4.57 Å². The standard InChI is InChI=1S/C14H15BrNOP/c1-9-11-7-10(15)3-4-13(11)16-14-5-6-18(2,17)8-12(9)14/h3-4,7H,5-6,8H2,1-2H3. The molecule has 0 aliphatic carbocycles. The Kier molecular flexibility index (Phi) is 2.87. The van der Waals surface area contributed by atoms with E-state index in [9.17, 15) is 4.57 Å². The summed E-state index contributed by atoms with van der Waals surface area (Å²) in [5.74, 6) is 0. The Hall–Kier alpha value is -0.660. The van der Waals surface area contributed by atoms with E-state index in [-0.39, 0.29) is 0 Å². The molecule has 1 aliphatic rings. The Morgan fingerprint density at radius 3 is 2.94 bits per heavy atom. The first-order chi connectivity index (χ1) is 8.46. The maximum atomic E-state index is 12.3. The van der Waals surface area contributed by atoms with Gasteiger partial charge in [-0.3, -0.25) is 4.98 Å². The lowest BCUT2D eigenvalue weighted by atomic mass is 10.0. The van der Waals surface area contributed by atoms with Crippen molar-refractivity contribution in [2.45, 2.75) is 19.5 Å². The van der Waals surface area contributed by atoms with Crippen LogP contribution in [-0.2, 0) is 17.1 Å². The molecule has 0 fully saturated rings. The summed E-state index contributed by atoms with van der Waals surface area (Å²) in [5, 5.41) is 1.17. The minimum Gasteiger partial charge on any atom is -0.323 e. The van der Waals surface area contributed by atoms with E-state index in [0.717, 1.165) is 28.3 Å². The van der Waals surface area contributed by atoms with Crippen molar-refractivity contribution in [1.29, 1.82) is 0 Å². The molecule has 0 bridgehead atoms. The van der Waals surface area contributed by atoms with Crippen molar-refractivity contribution in [3.63, 3.8) is 0 Å². The Bertz CT molecular complexity index is 696. The summed E-state index contributed by atoms with van der Waals surface area (Å²) < 4.78 is 13.4. The quantitative estimate of drug-likeness (QED) is 0.674. The molecule has 1 aliphatic heterocycles. The first kappa shape index (κ1) is 12.4. The van der Waals surface area contributed by atoms with Crippen LogP contribution < -0.4 is 0 Å². The van der Waals surface area contributed by atoms with Crippen LogP contribution in [0, 0.1) is 6.92 Å². The average molecular weight is 324 g/mol. The third-order valence-electron chi connectivity index (χ3n) is 3.73. The van der Waals surface area contributed by atoms with E-state index in [2.05, 4.69) is 28.9 Å². The van der Waals surface area contributed by atoms with Gasteiger partial charge < -0.3 is 4.57 Å². The number of pyridine rings is 1. The van der Waals surface area contributed by atoms with Gasteiger partial charge >= 0.3 is 0 Å².